The third-order valence-electron chi connectivity index (χ3n) is 6.76. The Morgan fingerprint density at radius 1 is 1.02 bits per heavy atom. The number of ether oxygens (including phenoxy) is 2. The largest absolute Gasteiger partial charge is 0.496 e. The number of methoxy groups -OCH3 is 2. The van der Waals surface area contributed by atoms with E-state index in [0.29, 0.717) is 32.7 Å². The summed E-state index contributed by atoms with van der Waals surface area (Å²) in [5.41, 5.74) is 1.68. The summed E-state index contributed by atoms with van der Waals surface area (Å²) in [6.45, 7) is 0.147. The van der Waals surface area contributed by atoms with E-state index in [0.717, 1.165) is 5.01 Å². The molecule has 5 rings (SSSR count). The summed E-state index contributed by atoms with van der Waals surface area (Å²) in [6, 6.07) is 8.53. The SMILES string of the molecule is COC(=O)[C@H]1C[C@@H](n2cc(-c3cc(Cl)ccc3OC)nn2)CN1C(=O)C1=NN(c2ccc(Cl)c(Cl)c2)C(=O)CC1. The van der Waals surface area contributed by atoms with Gasteiger partial charge in [0.1, 0.15) is 23.2 Å². The standard InChI is InChI=1S/C26H23Cl3N6O5/c1-39-23-7-3-14(27)9-17(23)21-13-34(32-30-21)16-11-22(26(38)40-2)33(12-16)25(37)20-6-8-24(36)35(31-20)15-4-5-18(28)19(29)10-15/h3-5,7,9-10,13,16,22H,6,8,11-12H2,1-2H3/t16-,22-/m1/s1. The number of halogens is 3. The number of benzene rings is 2. The van der Waals surface area contributed by atoms with Crippen LogP contribution in [-0.2, 0) is 19.1 Å². The van der Waals surface area contributed by atoms with Gasteiger partial charge in [-0.3, -0.25) is 9.59 Å². The van der Waals surface area contributed by atoms with Crippen molar-refractivity contribution in [2.45, 2.75) is 31.3 Å². The molecule has 208 valence electrons. The Labute approximate surface area is 244 Å². The van der Waals surface area contributed by atoms with Crippen molar-refractivity contribution in [2.24, 2.45) is 5.10 Å². The Hall–Kier alpha value is -3.67. The summed E-state index contributed by atoms with van der Waals surface area (Å²) in [4.78, 5) is 40.4. The van der Waals surface area contributed by atoms with Crippen molar-refractivity contribution in [3.63, 3.8) is 0 Å². The molecule has 11 nitrogen and oxygen atoms in total. The smallest absolute Gasteiger partial charge is 0.328 e. The van der Waals surface area contributed by atoms with Gasteiger partial charge in [-0.15, -0.1) is 5.10 Å². The third-order valence-corrected chi connectivity index (χ3v) is 7.74. The number of likely N-dealkylation sites (tertiary alicyclic amines) is 1. The highest BCUT2D eigenvalue weighted by molar-refractivity contribution is 6.42. The van der Waals surface area contributed by atoms with Crippen LogP contribution in [0.15, 0.2) is 47.7 Å². The lowest BCUT2D eigenvalue weighted by atomic mass is 10.1. The Kier molecular flexibility index (Phi) is 7.97. The monoisotopic (exact) mass is 604 g/mol. The number of hydrogen-bond donors (Lipinski definition) is 0. The summed E-state index contributed by atoms with van der Waals surface area (Å²) in [5, 5.41) is 15.1. The fraction of sp³-hybridized carbons (Fsp3) is 0.308. The van der Waals surface area contributed by atoms with Gasteiger partial charge in [0.25, 0.3) is 5.91 Å². The zero-order chi connectivity index (χ0) is 28.6. The minimum Gasteiger partial charge on any atom is -0.496 e. The summed E-state index contributed by atoms with van der Waals surface area (Å²) in [5.74, 6) is -0.775. The molecule has 1 aromatic heterocycles. The Bertz CT molecular complexity index is 1530. The van der Waals surface area contributed by atoms with Crippen molar-refractivity contribution >= 4 is 64.0 Å². The molecule has 0 bridgehead atoms. The molecular weight excluding hydrogens is 583 g/mol. The summed E-state index contributed by atoms with van der Waals surface area (Å²) < 4.78 is 12.0. The van der Waals surface area contributed by atoms with Crippen LogP contribution in [0.2, 0.25) is 15.1 Å². The van der Waals surface area contributed by atoms with Crippen LogP contribution in [0.25, 0.3) is 11.3 Å². The predicted molar refractivity (Wildman–Crippen MR) is 149 cm³/mol. The first kappa shape index (κ1) is 27.9. The number of carbonyl (C=O) groups excluding carboxylic acids is 3. The molecule has 3 heterocycles. The fourth-order valence-corrected chi connectivity index (χ4v) is 5.20. The molecule has 3 aromatic rings. The van der Waals surface area contributed by atoms with Gasteiger partial charge in [0.2, 0.25) is 5.91 Å². The molecule has 2 amide bonds. The van der Waals surface area contributed by atoms with Crippen molar-refractivity contribution < 1.29 is 23.9 Å². The molecule has 2 atom stereocenters. The quantitative estimate of drug-likeness (QED) is 0.382. The van der Waals surface area contributed by atoms with Crippen molar-refractivity contribution in [3.8, 4) is 17.0 Å². The number of nitrogens with zero attached hydrogens (tertiary/aromatic N) is 6. The van der Waals surface area contributed by atoms with E-state index < -0.39 is 17.9 Å². The highest BCUT2D eigenvalue weighted by Crippen LogP contribution is 2.34. The van der Waals surface area contributed by atoms with E-state index in [1.54, 1.807) is 48.3 Å². The first-order chi connectivity index (χ1) is 19.2. The van der Waals surface area contributed by atoms with E-state index in [4.69, 9.17) is 44.3 Å². The molecule has 0 saturated carbocycles. The van der Waals surface area contributed by atoms with Gasteiger partial charge >= 0.3 is 5.97 Å². The van der Waals surface area contributed by atoms with E-state index >= 15 is 0 Å². The highest BCUT2D eigenvalue weighted by atomic mass is 35.5. The molecule has 1 saturated heterocycles. The molecule has 0 N–H and O–H groups in total. The molecule has 0 unspecified atom stereocenters. The van der Waals surface area contributed by atoms with Crippen LogP contribution in [0.5, 0.6) is 5.75 Å². The maximum atomic E-state index is 13.7. The summed E-state index contributed by atoms with van der Waals surface area (Å²) in [7, 11) is 2.81. The second kappa shape index (κ2) is 11.4. The van der Waals surface area contributed by atoms with E-state index in [-0.39, 0.29) is 48.5 Å². The average Bonchev–Trinajstić information content (AvgIpc) is 3.62. The number of rotatable bonds is 6. The average molecular weight is 606 g/mol. The number of amides is 2. The second-order valence-electron chi connectivity index (χ2n) is 9.17. The third kappa shape index (κ3) is 5.36. The molecule has 0 spiro atoms. The molecule has 2 aromatic carbocycles. The van der Waals surface area contributed by atoms with E-state index in [1.165, 1.54) is 18.1 Å². The van der Waals surface area contributed by atoms with Crippen LogP contribution in [0, 0.1) is 0 Å². The van der Waals surface area contributed by atoms with Gasteiger partial charge < -0.3 is 14.4 Å². The number of aromatic nitrogens is 3. The Morgan fingerprint density at radius 3 is 2.55 bits per heavy atom. The molecule has 1 fully saturated rings. The van der Waals surface area contributed by atoms with Crippen LogP contribution in [0.1, 0.15) is 25.3 Å². The molecule has 40 heavy (non-hydrogen) atoms. The first-order valence-electron chi connectivity index (χ1n) is 12.2. The van der Waals surface area contributed by atoms with E-state index in [2.05, 4.69) is 15.4 Å². The fourth-order valence-electron chi connectivity index (χ4n) is 4.74. The lowest BCUT2D eigenvalue weighted by Gasteiger charge is -2.27. The minimum atomic E-state index is -0.880. The van der Waals surface area contributed by atoms with Crippen LogP contribution >= 0.6 is 34.8 Å². The van der Waals surface area contributed by atoms with Crippen LogP contribution in [-0.4, -0.2) is 70.2 Å². The van der Waals surface area contributed by atoms with Gasteiger partial charge in [0, 0.05) is 36.4 Å². The lowest BCUT2D eigenvalue weighted by Crippen LogP contribution is -2.46. The number of esters is 1. The zero-order valence-corrected chi connectivity index (χ0v) is 23.7. The van der Waals surface area contributed by atoms with Crippen LogP contribution in [0.3, 0.4) is 0 Å². The van der Waals surface area contributed by atoms with Gasteiger partial charge in [0.05, 0.1) is 42.2 Å². The zero-order valence-electron chi connectivity index (χ0n) is 21.4. The van der Waals surface area contributed by atoms with Crippen molar-refractivity contribution in [1.82, 2.24) is 19.9 Å². The topological polar surface area (TPSA) is 119 Å². The Morgan fingerprint density at radius 2 is 1.82 bits per heavy atom. The van der Waals surface area contributed by atoms with Gasteiger partial charge in [-0.25, -0.2) is 14.5 Å². The lowest BCUT2D eigenvalue weighted by molar-refractivity contribution is -0.149. The van der Waals surface area contributed by atoms with E-state index in [9.17, 15) is 14.4 Å². The second-order valence-corrected chi connectivity index (χ2v) is 10.4. The number of hydrogen-bond acceptors (Lipinski definition) is 8. The van der Waals surface area contributed by atoms with Crippen molar-refractivity contribution in [2.75, 3.05) is 25.8 Å². The summed E-state index contributed by atoms with van der Waals surface area (Å²) in [6.07, 6.45) is 2.13. The normalized spacial score (nSPS) is 19.0. The number of hydrazone groups is 1. The number of carbonyl (C=O) groups is 3. The minimum absolute atomic E-state index is 0.0544. The van der Waals surface area contributed by atoms with Crippen LogP contribution < -0.4 is 9.75 Å². The first-order valence-corrected chi connectivity index (χ1v) is 13.3. The molecular formula is C26H23Cl3N6O5. The molecule has 0 radical (unpaired) electrons. The predicted octanol–water partition coefficient (Wildman–Crippen LogP) is 4.41. The van der Waals surface area contributed by atoms with Gasteiger partial charge in [0.15, 0.2) is 0 Å². The van der Waals surface area contributed by atoms with Crippen molar-refractivity contribution in [3.05, 3.63) is 57.7 Å². The highest BCUT2D eigenvalue weighted by Gasteiger charge is 2.43. The Balaban J connectivity index is 1.42. The maximum absolute atomic E-state index is 13.7. The maximum Gasteiger partial charge on any atom is 0.328 e. The van der Waals surface area contributed by atoms with Gasteiger partial charge in [-0.1, -0.05) is 40.0 Å². The van der Waals surface area contributed by atoms with Gasteiger partial charge in [-0.05, 0) is 36.4 Å². The van der Waals surface area contributed by atoms with E-state index in [1.807, 2.05) is 0 Å². The molecule has 14 heteroatoms. The van der Waals surface area contributed by atoms with Gasteiger partial charge in [-0.2, -0.15) is 5.10 Å². The molecule has 0 aliphatic carbocycles. The number of anilines is 1. The molecule has 2 aliphatic heterocycles. The van der Waals surface area contributed by atoms with Crippen molar-refractivity contribution in [1.29, 1.82) is 0 Å². The van der Waals surface area contributed by atoms with Crippen LogP contribution in [0.4, 0.5) is 5.69 Å². The molecule has 2 aliphatic rings. The summed E-state index contributed by atoms with van der Waals surface area (Å²) >= 11 is 18.3.